The Morgan fingerprint density at radius 1 is 1.07 bits per heavy atom. The highest BCUT2D eigenvalue weighted by molar-refractivity contribution is 5.26. The summed E-state index contributed by atoms with van der Waals surface area (Å²) in [6.45, 7) is 0.917. The summed E-state index contributed by atoms with van der Waals surface area (Å²) >= 11 is 0. The van der Waals surface area contributed by atoms with E-state index in [1.165, 1.54) is 5.56 Å². The number of furan rings is 1. The van der Waals surface area contributed by atoms with Gasteiger partial charge < -0.3 is 10.2 Å². The smallest absolute Gasteiger partial charge is 0.111 e. The van der Waals surface area contributed by atoms with Gasteiger partial charge in [0.2, 0.25) is 0 Å². The summed E-state index contributed by atoms with van der Waals surface area (Å²) in [4.78, 5) is 0. The number of quaternary nitrogens is 1. The van der Waals surface area contributed by atoms with Crippen LogP contribution in [0, 0.1) is 0 Å². The van der Waals surface area contributed by atoms with Crippen LogP contribution in [0.15, 0.2) is 53.1 Å². The Kier molecular flexibility index (Phi) is 3.20. The molecule has 0 radical (unpaired) electrons. The molecule has 1 atom stereocenters. The highest BCUT2D eigenvalue weighted by Gasteiger charge is 2.16. The van der Waals surface area contributed by atoms with E-state index in [1.54, 1.807) is 6.26 Å². The van der Waals surface area contributed by atoms with Crippen LogP contribution in [0.3, 0.4) is 0 Å². The third-order valence-corrected chi connectivity index (χ3v) is 2.58. The Morgan fingerprint density at radius 3 is 2.47 bits per heavy atom. The van der Waals surface area contributed by atoms with Crippen molar-refractivity contribution in [1.29, 1.82) is 0 Å². The topological polar surface area (TPSA) is 40.8 Å². The molecular weight excluding hydrogens is 186 g/mol. The average molecular weight is 202 g/mol. The van der Waals surface area contributed by atoms with Crippen molar-refractivity contribution in [3.05, 3.63) is 60.1 Å². The van der Waals surface area contributed by atoms with Gasteiger partial charge in [-0.1, -0.05) is 30.3 Å². The molecule has 2 heteroatoms. The quantitative estimate of drug-likeness (QED) is 0.809. The first-order valence-corrected chi connectivity index (χ1v) is 5.29. The Balaban J connectivity index is 2.28. The molecule has 1 aromatic carbocycles. The van der Waals surface area contributed by atoms with Gasteiger partial charge in [-0.15, -0.1) is 0 Å². The van der Waals surface area contributed by atoms with E-state index in [2.05, 4.69) is 30.0 Å². The average Bonchev–Trinajstić information content (AvgIpc) is 2.80. The molecule has 0 amide bonds. The van der Waals surface area contributed by atoms with E-state index in [1.807, 2.05) is 18.2 Å². The van der Waals surface area contributed by atoms with Crippen LogP contribution in [0.4, 0.5) is 0 Å². The maximum Gasteiger partial charge on any atom is 0.111 e. The molecule has 0 bridgehead atoms. The lowest BCUT2D eigenvalue weighted by molar-refractivity contribution is -0.368. The van der Waals surface area contributed by atoms with Crippen LogP contribution in [0.2, 0.25) is 0 Å². The van der Waals surface area contributed by atoms with Crippen molar-refractivity contribution in [2.45, 2.75) is 12.3 Å². The molecule has 0 spiro atoms. The number of rotatable bonds is 4. The van der Waals surface area contributed by atoms with Gasteiger partial charge in [-0.05, 0) is 17.7 Å². The zero-order chi connectivity index (χ0) is 10.5. The third kappa shape index (κ3) is 2.28. The summed E-state index contributed by atoms with van der Waals surface area (Å²) in [5.74, 6) is 1.38. The van der Waals surface area contributed by atoms with E-state index in [0.717, 1.165) is 18.7 Å². The van der Waals surface area contributed by atoms with E-state index in [0.29, 0.717) is 5.92 Å². The second-order valence-corrected chi connectivity index (χ2v) is 3.62. The molecule has 0 fully saturated rings. The fourth-order valence-electron chi connectivity index (χ4n) is 1.85. The van der Waals surface area contributed by atoms with Gasteiger partial charge in [0.15, 0.2) is 0 Å². The lowest BCUT2D eigenvalue weighted by Gasteiger charge is -2.12. The summed E-state index contributed by atoms with van der Waals surface area (Å²) in [5.41, 5.74) is 5.22. The molecular formula is C13H16NO+. The van der Waals surface area contributed by atoms with Crippen LogP contribution in [-0.2, 0) is 0 Å². The van der Waals surface area contributed by atoms with Gasteiger partial charge >= 0.3 is 0 Å². The number of hydrogen-bond acceptors (Lipinski definition) is 1. The van der Waals surface area contributed by atoms with E-state index >= 15 is 0 Å². The van der Waals surface area contributed by atoms with Crippen LogP contribution >= 0.6 is 0 Å². The molecule has 0 aliphatic carbocycles. The molecule has 2 nitrogen and oxygen atoms in total. The highest BCUT2D eigenvalue weighted by Crippen LogP contribution is 2.27. The molecule has 0 aliphatic rings. The third-order valence-electron chi connectivity index (χ3n) is 2.58. The van der Waals surface area contributed by atoms with Gasteiger partial charge in [-0.3, -0.25) is 0 Å². The standard InChI is InChI=1S/C13H15NO/c14-9-8-12(13-7-4-10-15-13)11-5-2-1-3-6-11/h1-7,10,12H,8-9,14H2/p+1. The normalized spacial score (nSPS) is 12.6. The SMILES string of the molecule is [NH3+]CCC(c1ccccc1)c1ccco1. The molecule has 2 aromatic rings. The summed E-state index contributed by atoms with van der Waals surface area (Å²) < 4.78 is 5.47. The van der Waals surface area contributed by atoms with Crippen molar-refractivity contribution >= 4 is 0 Å². The zero-order valence-electron chi connectivity index (χ0n) is 8.73. The summed E-state index contributed by atoms with van der Waals surface area (Å²) in [6, 6.07) is 14.4. The maximum atomic E-state index is 5.47. The first kappa shape index (κ1) is 9.99. The molecule has 1 unspecified atom stereocenters. The molecule has 0 saturated heterocycles. The Morgan fingerprint density at radius 2 is 1.87 bits per heavy atom. The molecule has 78 valence electrons. The van der Waals surface area contributed by atoms with Crippen molar-refractivity contribution in [2.24, 2.45) is 0 Å². The van der Waals surface area contributed by atoms with Gasteiger partial charge in [0, 0.05) is 12.3 Å². The van der Waals surface area contributed by atoms with Crippen molar-refractivity contribution in [3.8, 4) is 0 Å². The molecule has 2 rings (SSSR count). The maximum absolute atomic E-state index is 5.47. The van der Waals surface area contributed by atoms with E-state index in [9.17, 15) is 0 Å². The zero-order valence-corrected chi connectivity index (χ0v) is 8.73. The van der Waals surface area contributed by atoms with E-state index in [4.69, 9.17) is 4.42 Å². The van der Waals surface area contributed by atoms with Crippen LogP contribution in [0.5, 0.6) is 0 Å². The lowest BCUT2D eigenvalue weighted by Crippen LogP contribution is -2.50. The van der Waals surface area contributed by atoms with Gasteiger partial charge in [-0.25, -0.2) is 0 Å². The molecule has 0 aliphatic heterocycles. The molecule has 1 heterocycles. The van der Waals surface area contributed by atoms with Crippen LogP contribution in [0.1, 0.15) is 23.7 Å². The highest BCUT2D eigenvalue weighted by atomic mass is 16.3. The Bertz CT molecular complexity index is 380. The lowest BCUT2D eigenvalue weighted by atomic mass is 9.93. The van der Waals surface area contributed by atoms with Crippen molar-refractivity contribution in [3.63, 3.8) is 0 Å². The second-order valence-electron chi connectivity index (χ2n) is 3.62. The first-order chi connectivity index (χ1) is 7.42. The van der Waals surface area contributed by atoms with E-state index < -0.39 is 0 Å². The van der Waals surface area contributed by atoms with Gasteiger partial charge in [0.1, 0.15) is 5.76 Å². The Hall–Kier alpha value is -1.54. The van der Waals surface area contributed by atoms with Crippen LogP contribution in [-0.4, -0.2) is 6.54 Å². The molecule has 15 heavy (non-hydrogen) atoms. The minimum absolute atomic E-state index is 0.346. The summed E-state index contributed by atoms with van der Waals surface area (Å²) in [6.07, 6.45) is 2.76. The Labute approximate surface area is 89.7 Å². The molecule has 0 saturated carbocycles. The number of hydrogen-bond donors (Lipinski definition) is 1. The number of benzene rings is 1. The summed E-state index contributed by atoms with van der Waals surface area (Å²) in [5, 5.41) is 0. The van der Waals surface area contributed by atoms with Crippen LogP contribution < -0.4 is 5.73 Å². The van der Waals surface area contributed by atoms with Gasteiger partial charge in [0.25, 0.3) is 0 Å². The van der Waals surface area contributed by atoms with Crippen molar-refractivity contribution < 1.29 is 10.2 Å². The van der Waals surface area contributed by atoms with Crippen molar-refractivity contribution in [1.82, 2.24) is 0 Å². The predicted molar refractivity (Wildman–Crippen MR) is 59.4 cm³/mol. The molecule has 1 aromatic heterocycles. The van der Waals surface area contributed by atoms with Crippen LogP contribution in [0.25, 0.3) is 0 Å². The molecule has 3 N–H and O–H groups in total. The fraction of sp³-hybridized carbons (Fsp3) is 0.231. The second kappa shape index (κ2) is 4.80. The predicted octanol–water partition coefficient (Wildman–Crippen LogP) is 2.04. The monoisotopic (exact) mass is 202 g/mol. The minimum Gasteiger partial charge on any atom is -0.469 e. The fourth-order valence-corrected chi connectivity index (χ4v) is 1.85. The van der Waals surface area contributed by atoms with Crippen molar-refractivity contribution in [2.75, 3.05) is 6.54 Å². The summed E-state index contributed by atoms with van der Waals surface area (Å²) in [7, 11) is 0. The van der Waals surface area contributed by atoms with Gasteiger partial charge in [-0.2, -0.15) is 0 Å². The first-order valence-electron chi connectivity index (χ1n) is 5.29. The van der Waals surface area contributed by atoms with E-state index in [-0.39, 0.29) is 0 Å². The minimum atomic E-state index is 0.346. The largest absolute Gasteiger partial charge is 0.469 e. The van der Waals surface area contributed by atoms with Gasteiger partial charge in [0.05, 0.1) is 12.8 Å².